The van der Waals surface area contributed by atoms with E-state index in [0.29, 0.717) is 5.88 Å². The van der Waals surface area contributed by atoms with Crippen molar-refractivity contribution in [2.45, 2.75) is 6.42 Å². The molecule has 0 aromatic carbocycles. The molecule has 1 aliphatic rings. The van der Waals surface area contributed by atoms with E-state index in [1.165, 1.54) is 0 Å². The van der Waals surface area contributed by atoms with Crippen molar-refractivity contribution >= 4 is 22.6 Å². The Morgan fingerprint density at radius 2 is 2.44 bits per heavy atom. The monoisotopic (exact) mass is 167 g/mol. The van der Waals surface area contributed by atoms with E-state index in [4.69, 9.17) is 11.6 Å². The fourth-order valence-corrected chi connectivity index (χ4v) is 2.47. The van der Waals surface area contributed by atoms with Gasteiger partial charge in [0.2, 0.25) is 0 Å². The van der Waals surface area contributed by atoms with Gasteiger partial charge >= 0.3 is 0 Å². The number of alkyl halides is 1. The zero-order valence-electron chi connectivity index (χ0n) is 5.18. The Kier molecular flexibility index (Phi) is 2.95. The Bertz CT molecular complexity index is 120. The highest BCUT2D eigenvalue weighted by Gasteiger charge is 2.18. The Morgan fingerprint density at radius 1 is 1.67 bits per heavy atom. The van der Waals surface area contributed by atoms with Crippen LogP contribution in [0.15, 0.2) is 0 Å². The van der Waals surface area contributed by atoms with Crippen LogP contribution in [0.3, 0.4) is 0 Å². The fourth-order valence-electron chi connectivity index (χ4n) is 0.903. The summed E-state index contributed by atoms with van der Waals surface area (Å²) in [5.74, 6) is 1.42. The molecule has 0 bridgehead atoms. The van der Waals surface area contributed by atoms with Crippen molar-refractivity contribution in [1.82, 2.24) is 4.31 Å². The molecule has 0 N–H and O–H groups in total. The van der Waals surface area contributed by atoms with Crippen LogP contribution in [0.1, 0.15) is 6.42 Å². The summed E-state index contributed by atoms with van der Waals surface area (Å²) >= 11 is 5.47. The maximum Gasteiger partial charge on any atom is 0.0943 e. The summed E-state index contributed by atoms with van der Waals surface area (Å²) in [6.45, 7) is 1.73. The van der Waals surface area contributed by atoms with Gasteiger partial charge in [-0.25, -0.2) is 8.51 Å². The van der Waals surface area contributed by atoms with Gasteiger partial charge in [-0.05, 0) is 6.42 Å². The minimum atomic E-state index is -0.712. The summed E-state index contributed by atoms with van der Waals surface area (Å²) in [5.41, 5.74) is 0. The van der Waals surface area contributed by atoms with Gasteiger partial charge < -0.3 is 0 Å². The first-order valence-electron chi connectivity index (χ1n) is 3.04. The smallest absolute Gasteiger partial charge is 0.0943 e. The molecule has 1 rings (SSSR count). The van der Waals surface area contributed by atoms with E-state index in [2.05, 4.69) is 0 Å². The number of hydrogen-bond acceptors (Lipinski definition) is 1. The molecule has 0 saturated carbocycles. The van der Waals surface area contributed by atoms with Gasteiger partial charge in [-0.1, -0.05) is 0 Å². The topological polar surface area (TPSA) is 20.3 Å². The first-order chi connectivity index (χ1) is 4.34. The molecule has 2 nitrogen and oxygen atoms in total. The third-order valence-electron chi connectivity index (χ3n) is 1.35. The van der Waals surface area contributed by atoms with E-state index in [-0.39, 0.29) is 0 Å². The summed E-state index contributed by atoms with van der Waals surface area (Å²) in [4.78, 5) is 0. The molecule has 1 saturated heterocycles. The molecular formula is C5H10ClNOS. The van der Waals surface area contributed by atoms with Crippen LogP contribution >= 0.6 is 11.6 Å². The number of nitrogens with zero attached hydrogens (tertiary/aromatic N) is 1. The zero-order valence-corrected chi connectivity index (χ0v) is 6.75. The van der Waals surface area contributed by atoms with Gasteiger partial charge in [0.1, 0.15) is 0 Å². The van der Waals surface area contributed by atoms with Gasteiger partial charge in [0, 0.05) is 24.7 Å². The van der Waals surface area contributed by atoms with Gasteiger partial charge in [-0.3, -0.25) is 0 Å². The van der Waals surface area contributed by atoms with Gasteiger partial charge in [0.15, 0.2) is 0 Å². The molecule has 1 fully saturated rings. The molecule has 0 radical (unpaired) electrons. The van der Waals surface area contributed by atoms with Crippen molar-refractivity contribution < 1.29 is 4.21 Å². The number of hydrogen-bond donors (Lipinski definition) is 0. The normalized spacial score (nSPS) is 29.2. The van der Waals surface area contributed by atoms with E-state index in [1.54, 1.807) is 0 Å². The van der Waals surface area contributed by atoms with Crippen molar-refractivity contribution in [1.29, 1.82) is 0 Å². The average Bonchev–Trinajstić information content (AvgIpc) is 2.18. The van der Waals surface area contributed by atoms with Crippen LogP contribution in [-0.2, 0) is 11.0 Å². The molecule has 1 heterocycles. The van der Waals surface area contributed by atoms with Crippen molar-refractivity contribution in [3.8, 4) is 0 Å². The van der Waals surface area contributed by atoms with Gasteiger partial charge in [0.05, 0.1) is 11.0 Å². The minimum Gasteiger partial charge on any atom is -0.243 e. The van der Waals surface area contributed by atoms with E-state index in [0.717, 1.165) is 25.3 Å². The molecule has 0 amide bonds. The van der Waals surface area contributed by atoms with Crippen LogP contribution in [0.5, 0.6) is 0 Å². The summed E-state index contributed by atoms with van der Waals surface area (Å²) in [6, 6.07) is 0. The van der Waals surface area contributed by atoms with Gasteiger partial charge in [0.25, 0.3) is 0 Å². The lowest BCUT2D eigenvalue weighted by molar-refractivity contribution is 0.501. The maximum absolute atomic E-state index is 10.9. The third kappa shape index (κ3) is 1.92. The van der Waals surface area contributed by atoms with Crippen LogP contribution in [0.2, 0.25) is 0 Å². The highest BCUT2D eigenvalue weighted by molar-refractivity contribution is 7.82. The lowest BCUT2D eigenvalue weighted by Gasteiger charge is -2.09. The summed E-state index contributed by atoms with van der Waals surface area (Å²) in [7, 11) is -0.712. The second-order valence-corrected chi connectivity index (χ2v) is 3.94. The molecule has 54 valence electrons. The molecule has 9 heavy (non-hydrogen) atoms. The molecule has 0 aromatic heterocycles. The van der Waals surface area contributed by atoms with Crippen LogP contribution in [0.25, 0.3) is 0 Å². The van der Waals surface area contributed by atoms with E-state index in [1.807, 2.05) is 4.31 Å². The van der Waals surface area contributed by atoms with Crippen molar-refractivity contribution in [2.24, 2.45) is 0 Å². The minimum absolute atomic E-state index is 0.589. The summed E-state index contributed by atoms with van der Waals surface area (Å²) in [6.07, 6.45) is 1.06. The van der Waals surface area contributed by atoms with Crippen LogP contribution < -0.4 is 0 Å². The predicted octanol–water partition coefficient (Wildman–Crippen LogP) is 0.595. The average molecular weight is 168 g/mol. The van der Waals surface area contributed by atoms with E-state index in [9.17, 15) is 4.21 Å². The Hall–Kier alpha value is 0.400. The molecule has 0 spiro atoms. The van der Waals surface area contributed by atoms with Crippen LogP contribution in [-0.4, -0.2) is 33.2 Å². The summed E-state index contributed by atoms with van der Waals surface area (Å²) in [5, 5.41) is 0. The first-order valence-corrected chi connectivity index (χ1v) is 4.85. The second kappa shape index (κ2) is 3.54. The van der Waals surface area contributed by atoms with Crippen LogP contribution in [0, 0.1) is 0 Å². The highest BCUT2D eigenvalue weighted by atomic mass is 35.5. The zero-order chi connectivity index (χ0) is 6.69. The van der Waals surface area contributed by atoms with Crippen molar-refractivity contribution in [3.05, 3.63) is 0 Å². The Balaban J connectivity index is 2.31. The highest BCUT2D eigenvalue weighted by Crippen LogP contribution is 2.07. The lowest BCUT2D eigenvalue weighted by Crippen LogP contribution is -2.22. The maximum atomic E-state index is 10.9. The predicted molar refractivity (Wildman–Crippen MR) is 39.9 cm³/mol. The standard InChI is InChI=1S/C5H10ClNOS/c6-2-4-7-3-1-5-9(7)8/h1-5H2. The quantitative estimate of drug-likeness (QED) is 0.552. The fraction of sp³-hybridized carbons (Fsp3) is 1.00. The molecule has 0 aromatic rings. The molecule has 1 atom stereocenters. The molecule has 4 heteroatoms. The number of halogens is 1. The van der Waals surface area contributed by atoms with Gasteiger partial charge in [-0.15, -0.1) is 11.6 Å². The molecule has 1 unspecified atom stereocenters. The first kappa shape index (κ1) is 7.51. The number of rotatable bonds is 2. The Morgan fingerprint density at radius 3 is 2.89 bits per heavy atom. The van der Waals surface area contributed by atoms with E-state index < -0.39 is 11.0 Å². The molecule has 1 aliphatic heterocycles. The van der Waals surface area contributed by atoms with Crippen molar-refractivity contribution in [2.75, 3.05) is 24.7 Å². The third-order valence-corrected chi connectivity index (χ3v) is 3.10. The summed E-state index contributed by atoms with van der Waals surface area (Å²) < 4.78 is 12.9. The largest absolute Gasteiger partial charge is 0.243 e. The second-order valence-electron chi connectivity index (χ2n) is 2.00. The SMILES string of the molecule is O=S1CCCN1CCCl. The van der Waals surface area contributed by atoms with E-state index >= 15 is 0 Å². The molecule has 0 aliphatic carbocycles. The van der Waals surface area contributed by atoms with Crippen molar-refractivity contribution in [3.63, 3.8) is 0 Å². The van der Waals surface area contributed by atoms with Crippen LogP contribution in [0.4, 0.5) is 0 Å². The lowest BCUT2D eigenvalue weighted by atomic mass is 10.5. The van der Waals surface area contributed by atoms with Gasteiger partial charge in [-0.2, -0.15) is 0 Å². The molecular weight excluding hydrogens is 158 g/mol. The Labute approximate surface area is 62.8 Å².